The number of benzene rings is 2. The average Bonchev–Trinajstić information content (AvgIpc) is 2.72. The summed E-state index contributed by atoms with van der Waals surface area (Å²) < 4.78 is 0.599. The molecule has 0 saturated heterocycles. The van der Waals surface area contributed by atoms with Crippen LogP contribution < -0.4 is 0 Å². The Kier molecular flexibility index (Phi) is 2.78. The molecule has 2 aromatic carbocycles. The summed E-state index contributed by atoms with van der Waals surface area (Å²) in [5.41, 5.74) is 1.42. The van der Waals surface area contributed by atoms with Crippen LogP contribution in [0.4, 0.5) is 5.69 Å². The van der Waals surface area contributed by atoms with Crippen LogP contribution in [0, 0.1) is 16.5 Å². The van der Waals surface area contributed by atoms with Crippen molar-refractivity contribution in [2.75, 3.05) is 0 Å². The van der Waals surface area contributed by atoms with Gasteiger partial charge in [-0.05, 0) is 36.4 Å². The summed E-state index contributed by atoms with van der Waals surface area (Å²) in [4.78, 5) is 12.3. The number of nitriles is 1. The molecule has 0 aliphatic carbocycles. The summed E-state index contributed by atoms with van der Waals surface area (Å²) in [5.74, 6) is -0.380. The number of nitrogens with zero attached hydrogens (tertiary/aromatic N) is 2. The molecule has 0 N–H and O–H groups in total. The van der Waals surface area contributed by atoms with Gasteiger partial charge in [-0.3, -0.25) is 4.79 Å². The Bertz CT molecular complexity index is 802. The maximum absolute atomic E-state index is 12.3. The predicted octanol–water partition coefficient (Wildman–Crippen LogP) is 3.04. The fourth-order valence-electron chi connectivity index (χ4n) is 2.16. The van der Waals surface area contributed by atoms with E-state index >= 15 is 0 Å². The first-order chi connectivity index (χ1) is 9.61. The number of halogens is 1. The van der Waals surface area contributed by atoms with Crippen molar-refractivity contribution in [2.24, 2.45) is 0 Å². The van der Waals surface area contributed by atoms with Crippen molar-refractivity contribution in [1.82, 2.24) is 0 Å². The van der Waals surface area contributed by atoms with Crippen molar-refractivity contribution in [3.63, 3.8) is 0 Å². The minimum atomic E-state index is -0.380. The van der Waals surface area contributed by atoms with Gasteiger partial charge in [-0.2, -0.15) is 10.0 Å². The van der Waals surface area contributed by atoms with Crippen LogP contribution in [-0.4, -0.2) is 16.2 Å². The highest BCUT2D eigenvalue weighted by atomic mass is 35.5. The van der Waals surface area contributed by atoms with E-state index in [1.54, 1.807) is 24.3 Å². The van der Waals surface area contributed by atoms with E-state index in [-0.39, 0.29) is 22.7 Å². The fraction of sp³-hybridized carbons (Fsp3) is 0. The van der Waals surface area contributed by atoms with Gasteiger partial charge in [0.05, 0.1) is 17.2 Å². The molecule has 1 aliphatic heterocycles. The lowest BCUT2D eigenvalue weighted by atomic mass is 10.0. The minimum absolute atomic E-state index is 0.0479. The molecule has 1 aliphatic rings. The largest absolute Gasteiger partial charge is 0.618 e. The third-order valence-corrected chi connectivity index (χ3v) is 3.38. The zero-order valence-electron chi connectivity index (χ0n) is 10.1. The Hall–Kier alpha value is -2.64. The molecular weight excluding hydrogens is 276 g/mol. The lowest BCUT2D eigenvalue weighted by molar-refractivity contribution is -0.355. The normalized spacial score (nSPS) is 13.3. The molecule has 0 amide bonds. The van der Waals surface area contributed by atoms with Crippen molar-refractivity contribution in [2.45, 2.75) is 0 Å². The maximum Gasteiger partial charge on any atom is 0.272 e. The van der Waals surface area contributed by atoms with Gasteiger partial charge in [0.1, 0.15) is 5.56 Å². The van der Waals surface area contributed by atoms with Crippen molar-refractivity contribution in [3.8, 4) is 6.07 Å². The minimum Gasteiger partial charge on any atom is -0.618 e. The van der Waals surface area contributed by atoms with E-state index < -0.39 is 0 Å². The van der Waals surface area contributed by atoms with Gasteiger partial charge in [0.2, 0.25) is 5.69 Å². The first-order valence-corrected chi connectivity index (χ1v) is 6.18. The van der Waals surface area contributed by atoms with Crippen LogP contribution in [0.25, 0.3) is 0 Å². The van der Waals surface area contributed by atoms with E-state index in [2.05, 4.69) is 0 Å². The highest BCUT2D eigenvalue weighted by Crippen LogP contribution is 2.29. The standard InChI is InChI=1S/C15H7ClN2O2/c16-11-4-2-10(3-5-11)14-15(19)12-7-9(8-17)1-6-13(12)18(14)20/h1-7H. The molecule has 0 atom stereocenters. The van der Waals surface area contributed by atoms with Gasteiger partial charge in [0.25, 0.3) is 11.5 Å². The second kappa shape index (κ2) is 4.48. The summed E-state index contributed by atoms with van der Waals surface area (Å²) >= 11 is 5.80. The summed E-state index contributed by atoms with van der Waals surface area (Å²) in [6.45, 7) is 0. The van der Waals surface area contributed by atoms with Crippen LogP contribution in [0.5, 0.6) is 0 Å². The van der Waals surface area contributed by atoms with Gasteiger partial charge >= 0.3 is 0 Å². The van der Waals surface area contributed by atoms with Crippen LogP contribution in [0.15, 0.2) is 42.5 Å². The second-order valence-corrected chi connectivity index (χ2v) is 4.76. The Morgan fingerprint density at radius 2 is 1.85 bits per heavy atom. The number of carbonyl (C=O) groups is 1. The highest BCUT2D eigenvalue weighted by Gasteiger charge is 2.36. The SMILES string of the molecule is N#Cc1ccc2c(c1)C(=O)C(c1ccc(Cl)cc1)=[N+]2[O-]. The number of rotatable bonds is 1. The van der Waals surface area contributed by atoms with Gasteiger partial charge in [-0.25, -0.2) is 0 Å². The summed E-state index contributed by atoms with van der Waals surface area (Å²) in [6, 6.07) is 12.9. The Morgan fingerprint density at radius 3 is 2.50 bits per heavy atom. The lowest BCUT2D eigenvalue weighted by Crippen LogP contribution is -2.16. The van der Waals surface area contributed by atoms with Gasteiger partial charge in [0, 0.05) is 11.1 Å². The first-order valence-electron chi connectivity index (χ1n) is 5.81. The molecule has 2 aromatic rings. The summed E-state index contributed by atoms with van der Waals surface area (Å²) in [7, 11) is 0. The van der Waals surface area contributed by atoms with E-state index in [0.29, 0.717) is 20.9 Å². The topological polar surface area (TPSA) is 66.9 Å². The van der Waals surface area contributed by atoms with Gasteiger partial charge in [-0.15, -0.1) is 0 Å². The number of hydrogen-bond donors (Lipinski definition) is 0. The summed E-state index contributed by atoms with van der Waals surface area (Å²) in [6.07, 6.45) is 0. The Morgan fingerprint density at radius 1 is 1.15 bits per heavy atom. The van der Waals surface area contributed by atoms with Crippen LogP contribution in [-0.2, 0) is 0 Å². The van der Waals surface area contributed by atoms with Gasteiger partial charge in [-0.1, -0.05) is 11.6 Å². The molecule has 0 aromatic heterocycles. The first kappa shape index (κ1) is 12.4. The van der Waals surface area contributed by atoms with Crippen LogP contribution in [0.3, 0.4) is 0 Å². The van der Waals surface area contributed by atoms with E-state index in [4.69, 9.17) is 16.9 Å². The summed E-state index contributed by atoms with van der Waals surface area (Å²) in [5, 5.41) is 21.6. The van der Waals surface area contributed by atoms with Crippen molar-refractivity contribution < 1.29 is 9.53 Å². The van der Waals surface area contributed by atoms with E-state index in [0.717, 1.165) is 0 Å². The quantitative estimate of drug-likeness (QED) is 0.596. The third-order valence-electron chi connectivity index (χ3n) is 3.12. The number of fused-ring (bicyclic) bond motifs is 1. The Labute approximate surface area is 119 Å². The molecule has 0 saturated carbocycles. The molecule has 5 heteroatoms. The van der Waals surface area contributed by atoms with E-state index in [1.807, 2.05) is 6.07 Å². The zero-order valence-corrected chi connectivity index (χ0v) is 10.9. The average molecular weight is 283 g/mol. The van der Waals surface area contributed by atoms with Crippen LogP contribution in [0.1, 0.15) is 21.5 Å². The van der Waals surface area contributed by atoms with Crippen LogP contribution in [0.2, 0.25) is 5.02 Å². The lowest BCUT2D eigenvalue weighted by Gasteiger charge is -2.01. The number of ketones is 1. The van der Waals surface area contributed by atoms with Crippen molar-refractivity contribution in [1.29, 1.82) is 5.26 Å². The van der Waals surface area contributed by atoms with Crippen molar-refractivity contribution >= 4 is 28.8 Å². The fourth-order valence-corrected chi connectivity index (χ4v) is 2.29. The molecule has 0 radical (unpaired) electrons. The monoisotopic (exact) mass is 282 g/mol. The molecule has 1 heterocycles. The second-order valence-electron chi connectivity index (χ2n) is 4.32. The molecule has 0 unspecified atom stereocenters. The molecule has 96 valence electrons. The molecule has 3 rings (SSSR count). The number of Topliss-reactive ketones (excluding diaryl/α,β-unsaturated/α-hetero) is 1. The molecule has 0 fully saturated rings. The van der Waals surface area contributed by atoms with Gasteiger partial charge < -0.3 is 5.21 Å². The molecule has 20 heavy (non-hydrogen) atoms. The molecular formula is C15H7ClN2O2. The van der Waals surface area contributed by atoms with E-state index in [1.165, 1.54) is 18.2 Å². The molecule has 0 bridgehead atoms. The smallest absolute Gasteiger partial charge is 0.272 e. The number of carbonyl (C=O) groups excluding carboxylic acids is 1. The Balaban J connectivity index is 2.16. The molecule has 0 spiro atoms. The van der Waals surface area contributed by atoms with Crippen LogP contribution >= 0.6 is 11.6 Å². The maximum atomic E-state index is 12.3. The molecule has 4 nitrogen and oxygen atoms in total. The van der Waals surface area contributed by atoms with Gasteiger partial charge in [0.15, 0.2) is 0 Å². The zero-order chi connectivity index (χ0) is 14.3. The highest BCUT2D eigenvalue weighted by molar-refractivity contribution is 6.52. The van der Waals surface area contributed by atoms with E-state index in [9.17, 15) is 10.0 Å². The predicted molar refractivity (Wildman–Crippen MR) is 74.3 cm³/mol. The third kappa shape index (κ3) is 1.77. The number of hydrogen-bond acceptors (Lipinski definition) is 3. The van der Waals surface area contributed by atoms with Crippen molar-refractivity contribution in [3.05, 3.63) is 69.4 Å².